The van der Waals surface area contributed by atoms with E-state index in [0.717, 1.165) is 24.3 Å². The molecule has 0 fully saturated rings. The van der Waals surface area contributed by atoms with Gasteiger partial charge in [-0.1, -0.05) is 19.1 Å². The van der Waals surface area contributed by atoms with Gasteiger partial charge in [0.05, 0.1) is 12.0 Å². The van der Waals surface area contributed by atoms with Gasteiger partial charge in [0.15, 0.2) is 0 Å². The van der Waals surface area contributed by atoms with E-state index in [9.17, 15) is 4.39 Å². The summed E-state index contributed by atoms with van der Waals surface area (Å²) in [6.45, 7) is 3.76. The lowest BCUT2D eigenvalue weighted by molar-refractivity contribution is 0.530. The van der Waals surface area contributed by atoms with Crippen LogP contribution in [0.4, 0.5) is 4.39 Å². The summed E-state index contributed by atoms with van der Waals surface area (Å²) in [5, 5.41) is 3.31. The number of halogens is 1. The first-order valence-corrected chi connectivity index (χ1v) is 7.43. The summed E-state index contributed by atoms with van der Waals surface area (Å²) < 4.78 is 19.2. The van der Waals surface area contributed by atoms with Crippen molar-refractivity contribution in [2.75, 3.05) is 6.54 Å². The Labute approximate surface area is 117 Å². The highest BCUT2D eigenvalue weighted by Gasteiger charge is 2.09. The number of furan rings is 1. The molecule has 0 aliphatic carbocycles. The lowest BCUT2D eigenvalue weighted by Crippen LogP contribution is -2.14. The van der Waals surface area contributed by atoms with E-state index in [4.69, 9.17) is 4.42 Å². The normalized spacial score (nSPS) is 10.8. The van der Waals surface area contributed by atoms with Gasteiger partial charge in [-0.25, -0.2) is 4.39 Å². The number of benzene rings is 1. The minimum atomic E-state index is -0.160. The molecule has 0 bridgehead atoms. The molecular formula is C15H18FNOS. The zero-order chi connectivity index (χ0) is 13.5. The van der Waals surface area contributed by atoms with Crippen molar-refractivity contribution in [2.45, 2.75) is 30.5 Å². The fraction of sp³-hybridized carbons (Fsp3) is 0.333. The Morgan fingerprint density at radius 2 is 2.16 bits per heavy atom. The van der Waals surface area contributed by atoms with Crippen LogP contribution in [0.3, 0.4) is 0 Å². The van der Waals surface area contributed by atoms with Gasteiger partial charge in [-0.15, -0.1) is 11.8 Å². The zero-order valence-corrected chi connectivity index (χ0v) is 11.8. The first-order chi connectivity index (χ1) is 9.31. The van der Waals surface area contributed by atoms with Gasteiger partial charge >= 0.3 is 0 Å². The summed E-state index contributed by atoms with van der Waals surface area (Å²) in [6.07, 6.45) is 2.71. The number of hydrogen-bond donors (Lipinski definition) is 1. The molecule has 1 heterocycles. The van der Waals surface area contributed by atoms with Crippen molar-refractivity contribution in [1.82, 2.24) is 5.32 Å². The van der Waals surface area contributed by atoms with E-state index in [1.807, 2.05) is 18.2 Å². The van der Waals surface area contributed by atoms with Gasteiger partial charge in [-0.2, -0.15) is 0 Å². The Kier molecular flexibility index (Phi) is 5.48. The van der Waals surface area contributed by atoms with Crippen LogP contribution in [0, 0.1) is 5.82 Å². The molecule has 0 atom stereocenters. The number of hydrogen-bond acceptors (Lipinski definition) is 3. The van der Waals surface area contributed by atoms with Crippen LogP contribution in [0.1, 0.15) is 24.7 Å². The van der Waals surface area contributed by atoms with Gasteiger partial charge in [-0.05, 0) is 36.7 Å². The molecule has 0 saturated carbocycles. The van der Waals surface area contributed by atoms with E-state index in [1.165, 1.54) is 17.8 Å². The minimum Gasteiger partial charge on any atom is -0.468 e. The summed E-state index contributed by atoms with van der Waals surface area (Å²) in [5.74, 6) is 1.35. The summed E-state index contributed by atoms with van der Waals surface area (Å²) >= 11 is 1.48. The van der Waals surface area contributed by atoms with Gasteiger partial charge in [0.1, 0.15) is 11.6 Å². The van der Waals surface area contributed by atoms with Gasteiger partial charge in [0, 0.05) is 11.4 Å². The molecule has 2 aromatic rings. The maximum Gasteiger partial charge on any atom is 0.137 e. The second kappa shape index (κ2) is 7.36. The Morgan fingerprint density at radius 1 is 1.26 bits per heavy atom. The van der Waals surface area contributed by atoms with Crippen LogP contribution in [0.25, 0.3) is 0 Å². The van der Waals surface area contributed by atoms with Crippen molar-refractivity contribution >= 4 is 11.8 Å². The first-order valence-electron chi connectivity index (χ1n) is 6.44. The van der Waals surface area contributed by atoms with E-state index in [2.05, 4.69) is 12.2 Å². The van der Waals surface area contributed by atoms with Crippen LogP contribution in [-0.4, -0.2) is 6.54 Å². The third-order valence-corrected chi connectivity index (χ3v) is 3.90. The van der Waals surface area contributed by atoms with Crippen LogP contribution in [-0.2, 0) is 12.3 Å². The van der Waals surface area contributed by atoms with Crippen molar-refractivity contribution in [3.63, 3.8) is 0 Å². The standard InChI is InChI=1S/C15H18FNOS/c1-2-8-17-10-12-5-3-7-14(16)15(12)19-11-13-6-4-9-18-13/h3-7,9,17H,2,8,10-11H2,1H3. The largest absolute Gasteiger partial charge is 0.468 e. The van der Waals surface area contributed by atoms with Crippen molar-refractivity contribution in [3.8, 4) is 0 Å². The summed E-state index contributed by atoms with van der Waals surface area (Å²) in [6, 6.07) is 8.99. The minimum absolute atomic E-state index is 0.160. The van der Waals surface area contributed by atoms with E-state index in [-0.39, 0.29) is 5.82 Å². The fourth-order valence-corrected chi connectivity index (χ4v) is 2.77. The van der Waals surface area contributed by atoms with Crippen LogP contribution >= 0.6 is 11.8 Å². The predicted octanol–water partition coefficient (Wildman–Crippen LogP) is 4.21. The van der Waals surface area contributed by atoms with Crippen molar-refractivity contribution in [2.24, 2.45) is 0 Å². The molecule has 0 radical (unpaired) electrons. The third kappa shape index (κ3) is 4.11. The molecule has 4 heteroatoms. The smallest absolute Gasteiger partial charge is 0.137 e. The molecule has 1 aromatic carbocycles. The van der Waals surface area contributed by atoms with E-state index in [0.29, 0.717) is 17.2 Å². The molecule has 0 saturated heterocycles. The highest BCUT2D eigenvalue weighted by molar-refractivity contribution is 7.98. The van der Waals surface area contributed by atoms with Gasteiger partial charge in [0.25, 0.3) is 0 Å². The lowest BCUT2D eigenvalue weighted by atomic mass is 10.2. The van der Waals surface area contributed by atoms with Gasteiger partial charge in [0.2, 0.25) is 0 Å². The SMILES string of the molecule is CCCNCc1cccc(F)c1SCc1ccco1. The van der Waals surface area contributed by atoms with Gasteiger partial charge < -0.3 is 9.73 Å². The van der Waals surface area contributed by atoms with E-state index in [1.54, 1.807) is 12.3 Å². The maximum absolute atomic E-state index is 13.9. The Hall–Kier alpha value is -1.26. The molecule has 102 valence electrons. The van der Waals surface area contributed by atoms with Gasteiger partial charge in [-0.3, -0.25) is 0 Å². The summed E-state index contributed by atoms with van der Waals surface area (Å²) in [7, 11) is 0. The molecule has 0 spiro atoms. The molecular weight excluding hydrogens is 261 g/mol. The highest BCUT2D eigenvalue weighted by Crippen LogP contribution is 2.29. The van der Waals surface area contributed by atoms with Crippen molar-refractivity contribution < 1.29 is 8.81 Å². The van der Waals surface area contributed by atoms with E-state index < -0.39 is 0 Å². The molecule has 2 nitrogen and oxygen atoms in total. The summed E-state index contributed by atoms with van der Waals surface area (Å²) in [5.41, 5.74) is 1.00. The molecule has 2 rings (SSSR count). The van der Waals surface area contributed by atoms with Crippen LogP contribution < -0.4 is 5.32 Å². The monoisotopic (exact) mass is 279 g/mol. The summed E-state index contributed by atoms with van der Waals surface area (Å²) in [4.78, 5) is 0.711. The molecule has 1 N–H and O–H groups in total. The molecule has 0 unspecified atom stereocenters. The van der Waals surface area contributed by atoms with Crippen molar-refractivity contribution in [1.29, 1.82) is 0 Å². The third-order valence-electron chi connectivity index (χ3n) is 2.73. The van der Waals surface area contributed by atoms with Crippen LogP contribution in [0.15, 0.2) is 45.9 Å². The molecule has 0 aliphatic heterocycles. The van der Waals surface area contributed by atoms with Crippen LogP contribution in [0.2, 0.25) is 0 Å². The molecule has 19 heavy (non-hydrogen) atoms. The zero-order valence-electron chi connectivity index (χ0n) is 11.0. The first kappa shape index (κ1) is 14.2. The quantitative estimate of drug-likeness (QED) is 0.607. The van der Waals surface area contributed by atoms with E-state index >= 15 is 0 Å². The fourth-order valence-electron chi connectivity index (χ4n) is 1.79. The highest BCUT2D eigenvalue weighted by atomic mass is 32.2. The maximum atomic E-state index is 13.9. The Morgan fingerprint density at radius 3 is 2.89 bits per heavy atom. The average molecular weight is 279 g/mol. The second-order valence-electron chi connectivity index (χ2n) is 4.27. The topological polar surface area (TPSA) is 25.2 Å². The average Bonchev–Trinajstić information content (AvgIpc) is 2.91. The molecule has 0 aliphatic rings. The van der Waals surface area contributed by atoms with Crippen molar-refractivity contribution in [3.05, 3.63) is 53.7 Å². The number of thioether (sulfide) groups is 1. The second-order valence-corrected chi connectivity index (χ2v) is 5.26. The molecule has 0 amide bonds. The molecule has 1 aromatic heterocycles. The predicted molar refractivity (Wildman–Crippen MR) is 76.7 cm³/mol. The Balaban J connectivity index is 2.04. The number of rotatable bonds is 7. The number of nitrogens with one attached hydrogen (secondary N) is 1. The van der Waals surface area contributed by atoms with Crippen LogP contribution in [0.5, 0.6) is 0 Å². The lowest BCUT2D eigenvalue weighted by Gasteiger charge is -2.10. The Bertz CT molecular complexity index is 499.